The first-order chi connectivity index (χ1) is 17.4. The number of aliphatic carboxylic acids is 1. The van der Waals surface area contributed by atoms with Crippen molar-refractivity contribution < 1.29 is 53.7 Å². The molecule has 5 rings (SSSR count). The zero-order valence-electron chi connectivity index (χ0n) is 20.3. The van der Waals surface area contributed by atoms with E-state index >= 15 is 0 Å². The summed E-state index contributed by atoms with van der Waals surface area (Å²) >= 11 is 12.4. The van der Waals surface area contributed by atoms with Crippen LogP contribution in [-0.4, -0.2) is 24.5 Å². The third-order valence-electron chi connectivity index (χ3n) is 6.61. The first-order valence-corrected chi connectivity index (χ1v) is 12.6. The van der Waals surface area contributed by atoms with Crippen molar-refractivity contribution in [3.05, 3.63) is 87.4 Å². The van der Waals surface area contributed by atoms with Gasteiger partial charge in [0.1, 0.15) is 17.2 Å². The number of ether oxygens (including phenoxy) is 2. The van der Waals surface area contributed by atoms with Gasteiger partial charge in [-0.05, 0) is 79.6 Å². The fraction of sp³-hybridized carbons (Fsp3) is 0.286. The minimum absolute atomic E-state index is 0. The van der Waals surface area contributed by atoms with Crippen molar-refractivity contribution in [2.75, 3.05) is 6.61 Å². The average molecular weight is 548 g/mol. The Morgan fingerprint density at radius 3 is 2.38 bits per heavy atom. The Hall–Kier alpha value is -2.22. The molecule has 186 valence electrons. The van der Waals surface area contributed by atoms with Crippen LogP contribution in [0.4, 0.5) is 0 Å². The van der Waals surface area contributed by atoms with Gasteiger partial charge in [-0.25, -0.2) is 0 Å². The second-order valence-electron chi connectivity index (χ2n) is 9.20. The first kappa shape index (κ1) is 27.8. The first-order valence-electron chi connectivity index (χ1n) is 11.9. The van der Waals surface area contributed by atoms with E-state index in [1.807, 2.05) is 24.3 Å². The number of fused-ring (bicyclic) bond motifs is 1. The van der Waals surface area contributed by atoms with Gasteiger partial charge in [-0.1, -0.05) is 35.3 Å². The Morgan fingerprint density at radius 1 is 1.03 bits per heavy atom. The number of carbonyl (C=O) groups excluding carboxylic acids is 2. The fourth-order valence-electron chi connectivity index (χ4n) is 4.47. The topological polar surface area (TPSA) is 87.7 Å². The van der Waals surface area contributed by atoms with Crippen LogP contribution in [0.3, 0.4) is 0 Å². The number of halogens is 2. The summed E-state index contributed by atoms with van der Waals surface area (Å²) in [6.07, 6.45) is 3.31. The molecule has 0 bridgehead atoms. The molecule has 37 heavy (non-hydrogen) atoms. The van der Waals surface area contributed by atoms with Gasteiger partial charge in [0, 0.05) is 40.1 Å². The van der Waals surface area contributed by atoms with Gasteiger partial charge < -0.3 is 24.7 Å². The maximum atomic E-state index is 12.9. The summed E-state index contributed by atoms with van der Waals surface area (Å²) in [7, 11) is 0. The molecule has 3 aromatic carbocycles. The number of carbonyl (C=O) groups is 2. The van der Waals surface area contributed by atoms with Crippen LogP contribution in [0, 0.1) is 5.92 Å². The van der Waals surface area contributed by atoms with Crippen molar-refractivity contribution in [3.63, 3.8) is 0 Å². The van der Waals surface area contributed by atoms with Gasteiger partial charge in [0.2, 0.25) is 0 Å². The number of amides is 1. The standard InChI is InChI=1S/C28H25Cl2NO5.Na/c29-19-7-1-16(2-8-19)13-24(17-3-4-17)31-27(32)18-5-9-20(10-6-18)36-26-15-25-22(14-23(26)30)21(28(33)34)11-12-35-25;/h1-2,5-10,14-15,17,21,24H,3-4,11-13H2,(H,31,32)(H,33,34);/q;+1/p-1. The molecule has 2 unspecified atom stereocenters. The molecule has 6 nitrogen and oxygen atoms in total. The van der Waals surface area contributed by atoms with Gasteiger partial charge in [-0.3, -0.25) is 4.79 Å². The molecule has 0 aromatic heterocycles. The number of hydrogen-bond donors (Lipinski definition) is 1. The summed E-state index contributed by atoms with van der Waals surface area (Å²) in [5, 5.41) is 15.6. The van der Waals surface area contributed by atoms with Crippen LogP contribution in [0.1, 0.15) is 46.7 Å². The van der Waals surface area contributed by atoms with Gasteiger partial charge in [-0.2, -0.15) is 0 Å². The number of nitrogens with one attached hydrogen (secondary N) is 1. The Labute approximate surface area is 247 Å². The van der Waals surface area contributed by atoms with E-state index in [9.17, 15) is 14.7 Å². The maximum Gasteiger partial charge on any atom is 1.00 e. The molecule has 1 saturated carbocycles. The van der Waals surface area contributed by atoms with Crippen molar-refractivity contribution in [3.8, 4) is 17.2 Å². The van der Waals surface area contributed by atoms with E-state index in [1.54, 1.807) is 36.4 Å². The number of carboxylic acids is 1. The Bertz CT molecular complexity index is 1280. The summed E-state index contributed by atoms with van der Waals surface area (Å²) in [4.78, 5) is 24.4. The van der Waals surface area contributed by atoms with Gasteiger partial charge in [0.25, 0.3) is 5.91 Å². The van der Waals surface area contributed by atoms with Crippen LogP contribution in [0.5, 0.6) is 17.2 Å². The second kappa shape index (κ2) is 12.1. The van der Waals surface area contributed by atoms with Crippen molar-refractivity contribution in [1.82, 2.24) is 5.32 Å². The summed E-state index contributed by atoms with van der Waals surface area (Å²) in [6.45, 7) is 0.274. The van der Waals surface area contributed by atoms with Crippen LogP contribution in [-0.2, 0) is 11.2 Å². The molecule has 1 N–H and O–H groups in total. The molecule has 1 heterocycles. The van der Waals surface area contributed by atoms with Gasteiger partial charge in [0.15, 0.2) is 0 Å². The average Bonchev–Trinajstić information content (AvgIpc) is 3.71. The normalized spacial score (nSPS) is 17.0. The van der Waals surface area contributed by atoms with Crippen molar-refractivity contribution in [2.24, 2.45) is 5.92 Å². The maximum absolute atomic E-state index is 12.9. The SMILES string of the molecule is O=C(NC(Cc1ccc(Cl)cc1)C1CC1)c1ccc(Oc2cc3c(cc2Cl)C(C(=O)[O-])CCO3)cc1.[Na+]. The molecule has 1 amide bonds. The zero-order valence-corrected chi connectivity index (χ0v) is 23.9. The summed E-state index contributed by atoms with van der Waals surface area (Å²) in [5.74, 6) is -0.341. The minimum Gasteiger partial charge on any atom is -0.549 e. The molecule has 0 radical (unpaired) electrons. The van der Waals surface area contributed by atoms with E-state index in [-0.39, 0.29) is 53.1 Å². The van der Waals surface area contributed by atoms with Crippen LogP contribution in [0.25, 0.3) is 0 Å². The summed E-state index contributed by atoms with van der Waals surface area (Å²) in [6, 6.07) is 17.7. The third-order valence-corrected chi connectivity index (χ3v) is 7.16. The van der Waals surface area contributed by atoms with Gasteiger partial charge in [0.05, 0.1) is 11.6 Å². The second-order valence-corrected chi connectivity index (χ2v) is 10.0. The van der Waals surface area contributed by atoms with E-state index in [4.69, 9.17) is 32.7 Å². The molecular weight excluding hydrogens is 524 g/mol. The van der Waals surface area contributed by atoms with Crippen LogP contribution < -0.4 is 49.5 Å². The quantitative estimate of drug-likeness (QED) is 0.436. The monoisotopic (exact) mass is 547 g/mol. The molecule has 2 aliphatic rings. The Morgan fingerprint density at radius 2 is 1.73 bits per heavy atom. The molecule has 1 aliphatic heterocycles. The number of benzene rings is 3. The molecular formula is C28H24Cl2NNaO5. The van der Waals surface area contributed by atoms with Gasteiger partial charge in [-0.15, -0.1) is 0 Å². The smallest absolute Gasteiger partial charge is 0.549 e. The summed E-state index contributed by atoms with van der Waals surface area (Å²) < 4.78 is 11.5. The van der Waals surface area contributed by atoms with E-state index in [1.165, 1.54) is 0 Å². The van der Waals surface area contributed by atoms with E-state index in [0.717, 1.165) is 24.8 Å². The molecule has 2 atom stereocenters. The van der Waals surface area contributed by atoms with Crippen molar-refractivity contribution in [2.45, 2.75) is 37.6 Å². The largest absolute Gasteiger partial charge is 1.00 e. The number of rotatable bonds is 8. The zero-order chi connectivity index (χ0) is 25.2. The van der Waals surface area contributed by atoms with E-state index in [0.29, 0.717) is 45.7 Å². The third kappa shape index (κ3) is 6.81. The molecule has 9 heteroatoms. The van der Waals surface area contributed by atoms with Crippen LogP contribution >= 0.6 is 23.2 Å². The summed E-state index contributed by atoms with van der Waals surface area (Å²) in [5.41, 5.74) is 2.15. The number of carboxylic acid groups (broad SMARTS) is 1. The molecule has 1 fully saturated rings. The molecule has 0 spiro atoms. The van der Waals surface area contributed by atoms with E-state index < -0.39 is 11.9 Å². The Balaban J connectivity index is 0.00000320. The van der Waals surface area contributed by atoms with E-state index in [2.05, 4.69) is 5.32 Å². The van der Waals surface area contributed by atoms with Gasteiger partial charge >= 0.3 is 29.6 Å². The molecule has 1 aliphatic carbocycles. The predicted octanol–water partition coefficient (Wildman–Crippen LogP) is 2.16. The van der Waals surface area contributed by atoms with Crippen molar-refractivity contribution in [1.29, 1.82) is 0 Å². The van der Waals surface area contributed by atoms with Crippen LogP contribution in [0.2, 0.25) is 10.0 Å². The van der Waals surface area contributed by atoms with Crippen LogP contribution in [0.15, 0.2) is 60.7 Å². The molecule has 3 aromatic rings. The fourth-order valence-corrected chi connectivity index (χ4v) is 4.81. The molecule has 0 saturated heterocycles. The Kier molecular flexibility index (Phi) is 9.09. The number of hydrogen-bond acceptors (Lipinski definition) is 5. The predicted molar refractivity (Wildman–Crippen MR) is 135 cm³/mol. The minimum atomic E-state index is -1.16. The van der Waals surface area contributed by atoms with Crippen molar-refractivity contribution >= 4 is 35.1 Å².